The number of hydrogen-bond donors (Lipinski definition) is 1. The Labute approximate surface area is 191 Å². The van der Waals surface area contributed by atoms with Crippen LogP contribution in [0, 0.1) is 0 Å². The molecule has 0 bridgehead atoms. The molecule has 1 aliphatic rings. The second-order valence-electron chi connectivity index (χ2n) is 7.27. The largest absolute Gasteiger partial charge is 0.471 e. The van der Waals surface area contributed by atoms with Gasteiger partial charge in [0.05, 0.1) is 13.2 Å². The molecule has 1 aromatic carbocycles. The fourth-order valence-corrected chi connectivity index (χ4v) is 4.06. The number of carbonyl (C=O) groups excluding carboxylic acids is 1. The topological polar surface area (TPSA) is 96.6 Å². The van der Waals surface area contributed by atoms with Crippen molar-refractivity contribution in [2.75, 3.05) is 56.2 Å². The number of aromatic nitrogens is 3. The summed E-state index contributed by atoms with van der Waals surface area (Å²) in [6, 6.07) is 6.02. The minimum Gasteiger partial charge on any atom is -0.378 e. The number of amides is 1. The zero-order valence-corrected chi connectivity index (χ0v) is 18.4. The molecular weight excluding hydrogens is 461 g/mol. The summed E-state index contributed by atoms with van der Waals surface area (Å²) in [6.45, 7) is 3.88. The summed E-state index contributed by atoms with van der Waals surface area (Å²) in [5.41, 5.74) is 0.522. The molecule has 1 saturated heterocycles. The van der Waals surface area contributed by atoms with Crippen LogP contribution in [-0.4, -0.2) is 67.5 Å². The van der Waals surface area contributed by atoms with Gasteiger partial charge in [-0.3, -0.25) is 4.79 Å². The van der Waals surface area contributed by atoms with Crippen LogP contribution in [-0.2, 0) is 10.9 Å². The zero-order valence-electron chi connectivity index (χ0n) is 17.6. The van der Waals surface area contributed by atoms with E-state index >= 15 is 0 Å². The van der Waals surface area contributed by atoms with Crippen LogP contribution in [0.1, 0.15) is 16.2 Å². The third-order valence-corrected chi connectivity index (χ3v) is 5.83. The average Bonchev–Trinajstić information content (AvgIpc) is 3.50. The molecular formula is C20H21F3N6O3S. The highest BCUT2D eigenvalue weighted by molar-refractivity contribution is 7.14. The molecule has 0 spiro atoms. The number of ether oxygens (including phenoxy) is 1. The molecule has 33 heavy (non-hydrogen) atoms. The number of rotatable bonds is 7. The maximum absolute atomic E-state index is 12.7. The van der Waals surface area contributed by atoms with E-state index in [1.54, 1.807) is 23.5 Å². The number of likely N-dealkylation sites (N-methyl/N-ethyl adjacent to an activating group) is 1. The Morgan fingerprint density at radius 2 is 2.06 bits per heavy atom. The van der Waals surface area contributed by atoms with Crippen LogP contribution in [0.4, 0.5) is 24.1 Å². The van der Waals surface area contributed by atoms with Crippen molar-refractivity contribution in [3.05, 3.63) is 41.1 Å². The second kappa shape index (κ2) is 9.75. The van der Waals surface area contributed by atoms with Crippen LogP contribution >= 0.6 is 11.3 Å². The van der Waals surface area contributed by atoms with E-state index in [1.165, 1.54) is 12.1 Å². The number of morpholine rings is 1. The van der Waals surface area contributed by atoms with Crippen LogP contribution in [0.5, 0.6) is 0 Å². The lowest BCUT2D eigenvalue weighted by Crippen LogP contribution is -2.36. The zero-order chi connectivity index (χ0) is 23.4. The first-order valence-corrected chi connectivity index (χ1v) is 11.0. The van der Waals surface area contributed by atoms with Gasteiger partial charge in [0.1, 0.15) is 5.82 Å². The molecule has 1 N–H and O–H groups in total. The van der Waals surface area contributed by atoms with Gasteiger partial charge < -0.3 is 24.4 Å². The molecule has 4 rings (SSSR count). The SMILES string of the molecule is CN(CCNC(=O)c1cccc(-c2noc(C(F)(F)F)n2)c1)c1csc(N2CCOCC2)n1. The van der Waals surface area contributed by atoms with Gasteiger partial charge in [-0.05, 0) is 12.1 Å². The predicted molar refractivity (Wildman–Crippen MR) is 115 cm³/mol. The Balaban J connectivity index is 1.31. The summed E-state index contributed by atoms with van der Waals surface area (Å²) in [4.78, 5) is 24.6. The molecule has 13 heteroatoms. The van der Waals surface area contributed by atoms with E-state index in [0.29, 0.717) is 26.3 Å². The summed E-state index contributed by atoms with van der Waals surface area (Å²) in [5.74, 6) is -1.22. The van der Waals surface area contributed by atoms with E-state index in [0.717, 1.165) is 24.0 Å². The molecule has 1 fully saturated rings. The van der Waals surface area contributed by atoms with Gasteiger partial charge >= 0.3 is 12.1 Å². The van der Waals surface area contributed by atoms with Gasteiger partial charge in [0, 0.05) is 49.7 Å². The molecule has 0 aliphatic carbocycles. The lowest BCUT2D eigenvalue weighted by atomic mass is 10.1. The van der Waals surface area contributed by atoms with Crippen LogP contribution in [0.2, 0.25) is 0 Å². The van der Waals surface area contributed by atoms with E-state index in [1.807, 2.05) is 17.3 Å². The second-order valence-corrected chi connectivity index (χ2v) is 8.10. The normalized spacial score (nSPS) is 14.4. The number of halogens is 3. The third-order valence-electron chi connectivity index (χ3n) is 4.94. The first kappa shape index (κ1) is 23.0. The number of benzene rings is 1. The molecule has 176 valence electrons. The quantitative estimate of drug-likeness (QED) is 0.549. The average molecular weight is 482 g/mol. The highest BCUT2D eigenvalue weighted by Gasteiger charge is 2.38. The fraction of sp³-hybridized carbons (Fsp3) is 0.400. The van der Waals surface area contributed by atoms with E-state index < -0.39 is 12.1 Å². The van der Waals surface area contributed by atoms with Crippen LogP contribution < -0.4 is 15.1 Å². The highest BCUT2D eigenvalue weighted by atomic mass is 32.1. The number of carbonyl (C=O) groups is 1. The van der Waals surface area contributed by atoms with Gasteiger partial charge in [0.2, 0.25) is 5.82 Å². The molecule has 0 radical (unpaired) electrons. The fourth-order valence-electron chi connectivity index (χ4n) is 3.14. The van der Waals surface area contributed by atoms with Gasteiger partial charge in [-0.2, -0.15) is 18.2 Å². The van der Waals surface area contributed by atoms with Gasteiger partial charge in [0.25, 0.3) is 5.91 Å². The Hall–Kier alpha value is -3.19. The molecule has 0 atom stereocenters. The first-order valence-electron chi connectivity index (χ1n) is 10.1. The minimum absolute atomic E-state index is 0.240. The van der Waals surface area contributed by atoms with E-state index in [9.17, 15) is 18.0 Å². The Morgan fingerprint density at radius 3 is 2.79 bits per heavy atom. The van der Waals surface area contributed by atoms with Crippen molar-refractivity contribution < 1.29 is 27.2 Å². The summed E-state index contributed by atoms with van der Waals surface area (Å²) >= 11 is 1.56. The lowest BCUT2D eigenvalue weighted by Gasteiger charge is -2.26. The van der Waals surface area contributed by atoms with Crippen molar-refractivity contribution in [2.45, 2.75) is 6.18 Å². The maximum Gasteiger partial charge on any atom is 0.471 e. The van der Waals surface area contributed by atoms with E-state index in [2.05, 4.69) is 29.9 Å². The van der Waals surface area contributed by atoms with Crippen molar-refractivity contribution in [3.8, 4) is 11.4 Å². The summed E-state index contributed by atoms with van der Waals surface area (Å²) in [7, 11) is 1.89. The van der Waals surface area contributed by atoms with E-state index in [4.69, 9.17) is 4.74 Å². The molecule has 3 aromatic rings. The maximum atomic E-state index is 12.7. The molecule has 3 heterocycles. The molecule has 1 amide bonds. The summed E-state index contributed by atoms with van der Waals surface area (Å²) in [5, 5.41) is 9.06. The molecule has 1 aliphatic heterocycles. The van der Waals surface area contributed by atoms with Crippen molar-refractivity contribution in [3.63, 3.8) is 0 Å². The van der Waals surface area contributed by atoms with Gasteiger partial charge in [0.15, 0.2) is 5.13 Å². The Morgan fingerprint density at radius 1 is 1.27 bits per heavy atom. The summed E-state index contributed by atoms with van der Waals surface area (Å²) in [6.07, 6.45) is -4.73. The molecule has 0 saturated carbocycles. The van der Waals surface area contributed by atoms with Crippen molar-refractivity contribution >= 4 is 28.2 Å². The number of hydrogen-bond acceptors (Lipinski definition) is 9. The monoisotopic (exact) mass is 482 g/mol. The Bertz CT molecular complexity index is 1100. The van der Waals surface area contributed by atoms with Gasteiger partial charge in [-0.15, -0.1) is 11.3 Å². The highest BCUT2D eigenvalue weighted by Crippen LogP contribution is 2.29. The minimum atomic E-state index is -4.73. The standard InChI is InChI=1S/C20H21F3N6O3S/c1-28(15-12-33-19(25-15)29-7-9-31-10-8-29)6-5-24-17(30)14-4-2-3-13(11-14)16-26-18(32-27-16)20(21,22)23/h2-4,11-12H,5-10H2,1H3,(H,24,30). The number of alkyl halides is 3. The van der Waals surface area contributed by atoms with Crippen LogP contribution in [0.3, 0.4) is 0 Å². The predicted octanol–water partition coefficient (Wildman–Crippen LogP) is 2.91. The summed E-state index contributed by atoms with van der Waals surface area (Å²) < 4.78 is 47.6. The number of anilines is 2. The van der Waals surface area contributed by atoms with Crippen LogP contribution in [0.25, 0.3) is 11.4 Å². The number of nitrogens with zero attached hydrogens (tertiary/aromatic N) is 5. The van der Waals surface area contributed by atoms with E-state index in [-0.39, 0.29) is 22.9 Å². The van der Waals surface area contributed by atoms with Crippen molar-refractivity contribution in [1.82, 2.24) is 20.4 Å². The number of thiazole rings is 1. The molecule has 0 unspecified atom stereocenters. The van der Waals surface area contributed by atoms with Gasteiger partial charge in [-0.1, -0.05) is 17.3 Å². The number of nitrogens with one attached hydrogen (secondary N) is 1. The first-order chi connectivity index (χ1) is 15.8. The van der Waals surface area contributed by atoms with Gasteiger partial charge in [-0.25, -0.2) is 4.98 Å². The van der Waals surface area contributed by atoms with Crippen molar-refractivity contribution in [2.24, 2.45) is 0 Å². The van der Waals surface area contributed by atoms with Crippen molar-refractivity contribution in [1.29, 1.82) is 0 Å². The third kappa shape index (κ3) is 5.60. The Kier molecular flexibility index (Phi) is 6.79. The lowest BCUT2D eigenvalue weighted by molar-refractivity contribution is -0.159. The van der Waals surface area contributed by atoms with Crippen LogP contribution in [0.15, 0.2) is 34.2 Å². The molecule has 9 nitrogen and oxygen atoms in total. The molecule has 2 aromatic heterocycles. The smallest absolute Gasteiger partial charge is 0.378 e.